The van der Waals surface area contributed by atoms with E-state index < -0.39 is 0 Å². The number of carbonyl (C=O) groups is 1. The molecule has 0 aromatic carbocycles. The predicted molar refractivity (Wildman–Crippen MR) is 62.7 cm³/mol. The molecule has 0 atom stereocenters. The molecule has 0 aliphatic carbocycles. The molecule has 0 fully saturated rings. The van der Waals surface area contributed by atoms with Gasteiger partial charge in [-0.1, -0.05) is 27.7 Å². The van der Waals surface area contributed by atoms with Crippen molar-refractivity contribution in [1.82, 2.24) is 5.32 Å². The van der Waals surface area contributed by atoms with Gasteiger partial charge in [-0.25, -0.2) is 0 Å². The van der Waals surface area contributed by atoms with Crippen LogP contribution in [0.25, 0.3) is 0 Å². The second-order valence-corrected chi connectivity index (χ2v) is 4.75. The van der Waals surface area contributed by atoms with Crippen molar-refractivity contribution in [2.24, 2.45) is 11.8 Å². The molecule has 0 unspecified atom stereocenters. The van der Waals surface area contributed by atoms with E-state index in [1.54, 1.807) is 0 Å². The Hall–Kier alpha value is -0.570. The van der Waals surface area contributed by atoms with Gasteiger partial charge in [0.15, 0.2) is 0 Å². The highest BCUT2D eigenvalue weighted by Gasteiger charge is 2.04. The fourth-order valence-corrected chi connectivity index (χ4v) is 1.15. The number of nitrogens with one attached hydrogen (secondary N) is 1. The van der Waals surface area contributed by atoms with Crippen LogP contribution in [0.5, 0.6) is 0 Å². The van der Waals surface area contributed by atoms with Gasteiger partial charge in [0, 0.05) is 13.0 Å². The summed E-state index contributed by atoms with van der Waals surface area (Å²) in [5.41, 5.74) is 0. The van der Waals surface area contributed by atoms with Gasteiger partial charge in [-0.2, -0.15) is 0 Å². The SMILES string of the molecule is CC(C)CCNCCOC(=O)CC(C)C. The maximum Gasteiger partial charge on any atom is 0.306 e. The van der Waals surface area contributed by atoms with Crippen molar-refractivity contribution < 1.29 is 9.53 Å². The highest BCUT2D eigenvalue weighted by Crippen LogP contribution is 2.00. The van der Waals surface area contributed by atoms with E-state index in [-0.39, 0.29) is 5.97 Å². The molecular weight excluding hydrogens is 190 g/mol. The Labute approximate surface area is 93.6 Å². The zero-order valence-corrected chi connectivity index (χ0v) is 10.5. The molecule has 0 aromatic heterocycles. The number of ether oxygens (including phenoxy) is 1. The molecule has 0 spiro atoms. The standard InChI is InChI=1S/C12H25NO2/c1-10(2)5-6-13-7-8-15-12(14)9-11(3)4/h10-11,13H,5-9H2,1-4H3. The van der Waals surface area contributed by atoms with Crippen molar-refractivity contribution in [2.75, 3.05) is 19.7 Å². The Morgan fingerprint density at radius 3 is 2.33 bits per heavy atom. The summed E-state index contributed by atoms with van der Waals surface area (Å²) in [6.45, 7) is 10.7. The molecule has 3 heteroatoms. The summed E-state index contributed by atoms with van der Waals surface area (Å²) < 4.78 is 5.06. The van der Waals surface area contributed by atoms with E-state index in [1.807, 2.05) is 13.8 Å². The zero-order valence-electron chi connectivity index (χ0n) is 10.5. The normalized spacial score (nSPS) is 11.1. The smallest absolute Gasteiger partial charge is 0.306 e. The topological polar surface area (TPSA) is 38.3 Å². The van der Waals surface area contributed by atoms with Crippen LogP contribution in [0.2, 0.25) is 0 Å². The highest BCUT2D eigenvalue weighted by atomic mass is 16.5. The van der Waals surface area contributed by atoms with Crippen LogP contribution in [-0.2, 0) is 9.53 Å². The molecule has 90 valence electrons. The fraction of sp³-hybridized carbons (Fsp3) is 0.917. The lowest BCUT2D eigenvalue weighted by Crippen LogP contribution is -2.23. The van der Waals surface area contributed by atoms with Gasteiger partial charge in [0.1, 0.15) is 6.61 Å². The van der Waals surface area contributed by atoms with Crippen molar-refractivity contribution in [3.63, 3.8) is 0 Å². The molecule has 0 aliphatic heterocycles. The molecule has 0 rings (SSSR count). The van der Waals surface area contributed by atoms with Gasteiger partial charge in [-0.3, -0.25) is 4.79 Å². The van der Waals surface area contributed by atoms with Gasteiger partial charge in [-0.05, 0) is 24.8 Å². The first-order valence-electron chi connectivity index (χ1n) is 5.88. The average Bonchev–Trinajstić information content (AvgIpc) is 2.09. The molecule has 0 saturated heterocycles. The van der Waals surface area contributed by atoms with Gasteiger partial charge in [0.25, 0.3) is 0 Å². The van der Waals surface area contributed by atoms with E-state index in [4.69, 9.17) is 4.74 Å². The second-order valence-electron chi connectivity index (χ2n) is 4.75. The summed E-state index contributed by atoms with van der Waals surface area (Å²) in [5.74, 6) is 1.02. The second kappa shape index (κ2) is 8.72. The van der Waals surface area contributed by atoms with Gasteiger partial charge < -0.3 is 10.1 Å². The molecule has 0 aliphatic rings. The molecule has 1 N–H and O–H groups in total. The van der Waals surface area contributed by atoms with Crippen molar-refractivity contribution in [2.45, 2.75) is 40.5 Å². The average molecular weight is 215 g/mol. The first-order valence-corrected chi connectivity index (χ1v) is 5.88. The Kier molecular flexibility index (Phi) is 8.38. The summed E-state index contributed by atoms with van der Waals surface area (Å²) in [6.07, 6.45) is 1.69. The number of hydrogen-bond donors (Lipinski definition) is 1. The van der Waals surface area contributed by atoms with Crippen molar-refractivity contribution >= 4 is 5.97 Å². The van der Waals surface area contributed by atoms with Crippen LogP contribution in [0.1, 0.15) is 40.5 Å². The first-order chi connectivity index (χ1) is 7.02. The lowest BCUT2D eigenvalue weighted by atomic mass is 10.1. The molecule has 0 heterocycles. The van der Waals surface area contributed by atoms with Gasteiger partial charge in [-0.15, -0.1) is 0 Å². The maximum atomic E-state index is 11.1. The number of rotatable bonds is 8. The van der Waals surface area contributed by atoms with Crippen LogP contribution in [0, 0.1) is 11.8 Å². The van der Waals surface area contributed by atoms with Crippen LogP contribution in [-0.4, -0.2) is 25.7 Å². The Bertz CT molecular complexity index is 167. The first kappa shape index (κ1) is 14.4. The molecule has 0 amide bonds. The van der Waals surface area contributed by atoms with E-state index in [1.165, 1.54) is 6.42 Å². The number of esters is 1. The quantitative estimate of drug-likeness (QED) is 0.498. The molecule has 0 bridgehead atoms. The molecule has 15 heavy (non-hydrogen) atoms. The Balaban J connectivity index is 3.20. The van der Waals surface area contributed by atoms with E-state index >= 15 is 0 Å². The fourth-order valence-electron chi connectivity index (χ4n) is 1.15. The largest absolute Gasteiger partial charge is 0.464 e. The molecule has 0 radical (unpaired) electrons. The predicted octanol–water partition coefficient (Wildman–Crippen LogP) is 2.21. The third kappa shape index (κ3) is 11.4. The van der Waals surface area contributed by atoms with Gasteiger partial charge >= 0.3 is 5.97 Å². The van der Waals surface area contributed by atoms with Crippen molar-refractivity contribution in [3.8, 4) is 0 Å². The van der Waals surface area contributed by atoms with Gasteiger partial charge in [0.2, 0.25) is 0 Å². The third-order valence-electron chi connectivity index (χ3n) is 2.02. The molecule has 0 saturated carbocycles. The number of carbonyl (C=O) groups excluding carboxylic acids is 1. The van der Waals surface area contributed by atoms with E-state index in [9.17, 15) is 4.79 Å². The van der Waals surface area contributed by atoms with Gasteiger partial charge in [0.05, 0.1) is 0 Å². The lowest BCUT2D eigenvalue weighted by Gasteiger charge is -2.08. The monoisotopic (exact) mass is 215 g/mol. The highest BCUT2D eigenvalue weighted by molar-refractivity contribution is 5.69. The zero-order chi connectivity index (χ0) is 11.7. The van der Waals surface area contributed by atoms with E-state index in [2.05, 4.69) is 19.2 Å². The van der Waals surface area contributed by atoms with Crippen LogP contribution in [0.4, 0.5) is 0 Å². The minimum Gasteiger partial charge on any atom is -0.464 e. The molecule has 3 nitrogen and oxygen atoms in total. The number of hydrogen-bond acceptors (Lipinski definition) is 3. The Morgan fingerprint density at radius 1 is 1.13 bits per heavy atom. The summed E-state index contributed by atoms with van der Waals surface area (Å²) in [7, 11) is 0. The summed E-state index contributed by atoms with van der Waals surface area (Å²) in [5, 5.41) is 3.25. The van der Waals surface area contributed by atoms with Crippen LogP contribution >= 0.6 is 0 Å². The van der Waals surface area contributed by atoms with Crippen molar-refractivity contribution in [1.29, 1.82) is 0 Å². The van der Waals surface area contributed by atoms with E-state index in [0.717, 1.165) is 19.0 Å². The molecule has 0 aromatic rings. The maximum absolute atomic E-state index is 11.1. The molecular formula is C12H25NO2. The van der Waals surface area contributed by atoms with Crippen molar-refractivity contribution in [3.05, 3.63) is 0 Å². The lowest BCUT2D eigenvalue weighted by molar-refractivity contribution is -0.144. The van der Waals surface area contributed by atoms with Crippen LogP contribution < -0.4 is 5.32 Å². The summed E-state index contributed by atoms with van der Waals surface area (Å²) in [6, 6.07) is 0. The third-order valence-corrected chi connectivity index (χ3v) is 2.02. The Morgan fingerprint density at radius 2 is 1.80 bits per heavy atom. The summed E-state index contributed by atoms with van der Waals surface area (Å²) >= 11 is 0. The van der Waals surface area contributed by atoms with Crippen LogP contribution in [0.3, 0.4) is 0 Å². The van der Waals surface area contributed by atoms with E-state index in [0.29, 0.717) is 18.9 Å². The minimum atomic E-state index is -0.0874. The summed E-state index contributed by atoms with van der Waals surface area (Å²) in [4.78, 5) is 11.1. The van der Waals surface area contributed by atoms with Crippen LogP contribution in [0.15, 0.2) is 0 Å². The minimum absolute atomic E-state index is 0.0874.